The molecule has 0 saturated heterocycles. The summed E-state index contributed by atoms with van der Waals surface area (Å²) < 4.78 is 2.05. The lowest BCUT2D eigenvalue weighted by atomic mass is 9.93. The fraction of sp³-hybridized carbons (Fsp3) is 0.458. The first-order valence-corrected chi connectivity index (χ1v) is 12.5. The third kappa shape index (κ3) is 4.83. The Balaban J connectivity index is 1.17. The van der Waals surface area contributed by atoms with Gasteiger partial charge in [0.25, 0.3) is 5.91 Å². The van der Waals surface area contributed by atoms with Crippen molar-refractivity contribution in [1.29, 1.82) is 0 Å². The van der Waals surface area contributed by atoms with Gasteiger partial charge >= 0.3 is 0 Å². The molecule has 2 amide bonds. The van der Waals surface area contributed by atoms with Gasteiger partial charge in [-0.25, -0.2) is 0 Å². The zero-order valence-corrected chi connectivity index (χ0v) is 19.4. The summed E-state index contributed by atoms with van der Waals surface area (Å²) >= 11 is 1.60. The molecule has 0 bridgehead atoms. The number of amides is 2. The van der Waals surface area contributed by atoms with E-state index in [9.17, 15) is 9.59 Å². The lowest BCUT2D eigenvalue weighted by molar-refractivity contribution is -0.121. The van der Waals surface area contributed by atoms with Gasteiger partial charge in [-0.2, -0.15) is 0 Å². The maximum atomic E-state index is 13.3. The minimum Gasteiger partial charge on any atom is -0.349 e. The zero-order chi connectivity index (χ0) is 22.6. The van der Waals surface area contributed by atoms with E-state index in [0.29, 0.717) is 45.4 Å². The molecule has 5 rings (SSSR count). The maximum Gasteiger partial charge on any atom is 0.264 e. The van der Waals surface area contributed by atoms with Crippen LogP contribution in [0.15, 0.2) is 29.9 Å². The summed E-state index contributed by atoms with van der Waals surface area (Å²) in [5.74, 6) is 1.73. The number of rotatable bonds is 6. The molecule has 4 heterocycles. The summed E-state index contributed by atoms with van der Waals surface area (Å²) in [6.07, 6.45) is 9.73. The fourth-order valence-electron chi connectivity index (χ4n) is 4.63. The summed E-state index contributed by atoms with van der Waals surface area (Å²) in [6, 6.07) is 3.84. The van der Waals surface area contributed by atoms with Crippen LogP contribution in [0.3, 0.4) is 0 Å². The van der Waals surface area contributed by atoms with Gasteiger partial charge in [0.15, 0.2) is 5.82 Å². The number of pyridine rings is 1. The number of carbonyl (C=O) groups excluding carboxylic acids is 2. The molecule has 0 fully saturated rings. The van der Waals surface area contributed by atoms with E-state index in [1.54, 1.807) is 23.7 Å². The quantitative estimate of drug-likeness (QED) is 0.605. The van der Waals surface area contributed by atoms with E-state index in [1.807, 2.05) is 17.0 Å². The Morgan fingerprint density at radius 1 is 1.09 bits per heavy atom. The maximum absolute atomic E-state index is 13.3. The smallest absolute Gasteiger partial charge is 0.264 e. The van der Waals surface area contributed by atoms with Crippen molar-refractivity contribution in [2.75, 3.05) is 13.1 Å². The SMILES string of the molecule is O=C(CCc1cccnc1)NCc1nnc2n1CCN(C(=O)c1scc3c1CCCC3)CC2. The standard InChI is InChI=1S/C24H28N6O2S/c31-22(8-7-17-4-3-10-25-14-17)26-15-21-28-27-20-9-11-29(12-13-30(20)21)24(32)23-19-6-2-1-5-18(19)16-33-23/h3-4,10,14,16H,1-2,5-9,11-13,15H2,(H,26,31). The van der Waals surface area contributed by atoms with Crippen molar-refractivity contribution in [2.24, 2.45) is 0 Å². The van der Waals surface area contributed by atoms with E-state index in [-0.39, 0.29) is 11.8 Å². The first-order valence-electron chi connectivity index (χ1n) is 11.6. The lowest BCUT2D eigenvalue weighted by Gasteiger charge is -2.21. The number of nitrogens with one attached hydrogen (secondary N) is 1. The molecular formula is C24H28N6O2S. The summed E-state index contributed by atoms with van der Waals surface area (Å²) in [7, 11) is 0. The lowest BCUT2D eigenvalue weighted by Crippen LogP contribution is -2.34. The topological polar surface area (TPSA) is 93.0 Å². The Kier molecular flexibility index (Phi) is 6.48. The van der Waals surface area contributed by atoms with Crippen molar-refractivity contribution in [3.63, 3.8) is 0 Å². The van der Waals surface area contributed by atoms with Gasteiger partial charge in [0.05, 0.1) is 11.4 Å². The van der Waals surface area contributed by atoms with Gasteiger partial charge in [-0.1, -0.05) is 6.07 Å². The van der Waals surface area contributed by atoms with Crippen molar-refractivity contribution in [1.82, 2.24) is 30.0 Å². The predicted octanol–water partition coefficient (Wildman–Crippen LogP) is 2.56. The molecule has 8 nitrogen and oxygen atoms in total. The van der Waals surface area contributed by atoms with Crippen molar-refractivity contribution in [3.8, 4) is 0 Å². The molecule has 1 aliphatic heterocycles. The van der Waals surface area contributed by atoms with Gasteiger partial charge < -0.3 is 14.8 Å². The number of hydrogen-bond donors (Lipinski definition) is 1. The van der Waals surface area contributed by atoms with Gasteiger partial charge in [-0.15, -0.1) is 21.5 Å². The van der Waals surface area contributed by atoms with Crippen molar-refractivity contribution in [2.45, 2.75) is 58.0 Å². The second-order valence-electron chi connectivity index (χ2n) is 8.64. The van der Waals surface area contributed by atoms with E-state index >= 15 is 0 Å². The molecule has 1 aliphatic carbocycles. The average molecular weight is 465 g/mol. The van der Waals surface area contributed by atoms with Gasteiger partial charge in [-0.05, 0) is 60.2 Å². The molecular weight excluding hydrogens is 436 g/mol. The highest BCUT2D eigenvalue weighted by Gasteiger charge is 2.27. The van der Waals surface area contributed by atoms with Crippen LogP contribution in [0.2, 0.25) is 0 Å². The monoisotopic (exact) mass is 464 g/mol. The molecule has 0 spiro atoms. The predicted molar refractivity (Wildman–Crippen MR) is 125 cm³/mol. The highest BCUT2D eigenvalue weighted by molar-refractivity contribution is 7.12. The molecule has 3 aromatic heterocycles. The van der Waals surface area contributed by atoms with E-state index in [4.69, 9.17) is 0 Å². The molecule has 0 aromatic carbocycles. The number of aryl methyl sites for hydroxylation is 2. The molecule has 1 N–H and O–H groups in total. The first-order chi connectivity index (χ1) is 16.2. The van der Waals surface area contributed by atoms with Crippen molar-refractivity contribution < 1.29 is 9.59 Å². The normalized spacial score (nSPS) is 15.5. The van der Waals surface area contributed by atoms with Crippen LogP contribution in [-0.4, -0.2) is 49.6 Å². The van der Waals surface area contributed by atoms with E-state index < -0.39 is 0 Å². The average Bonchev–Trinajstić information content (AvgIpc) is 3.39. The molecule has 0 atom stereocenters. The van der Waals surface area contributed by atoms with Crippen LogP contribution < -0.4 is 5.32 Å². The molecule has 2 aliphatic rings. The third-order valence-electron chi connectivity index (χ3n) is 6.50. The van der Waals surface area contributed by atoms with Crippen LogP contribution in [0, 0.1) is 0 Å². The Bertz CT molecular complexity index is 1140. The first kappa shape index (κ1) is 21.8. The van der Waals surface area contributed by atoms with Gasteiger partial charge in [0, 0.05) is 44.9 Å². The molecule has 0 radical (unpaired) electrons. The highest BCUT2D eigenvalue weighted by atomic mass is 32.1. The van der Waals surface area contributed by atoms with Crippen LogP contribution in [0.4, 0.5) is 0 Å². The number of thiophene rings is 1. The fourth-order valence-corrected chi connectivity index (χ4v) is 5.75. The Morgan fingerprint density at radius 2 is 2.00 bits per heavy atom. The Hall–Kier alpha value is -3.07. The van der Waals surface area contributed by atoms with Crippen molar-refractivity contribution >= 4 is 23.2 Å². The molecule has 0 saturated carbocycles. The molecule has 3 aromatic rings. The summed E-state index contributed by atoms with van der Waals surface area (Å²) in [6.45, 7) is 2.24. The second-order valence-corrected chi connectivity index (χ2v) is 9.52. The van der Waals surface area contributed by atoms with Crippen LogP contribution in [-0.2, 0) is 43.6 Å². The van der Waals surface area contributed by atoms with E-state index in [1.165, 1.54) is 24.0 Å². The van der Waals surface area contributed by atoms with Crippen LogP contribution >= 0.6 is 11.3 Å². The molecule has 172 valence electrons. The van der Waals surface area contributed by atoms with Gasteiger partial charge in [-0.3, -0.25) is 14.6 Å². The summed E-state index contributed by atoms with van der Waals surface area (Å²) in [4.78, 5) is 32.5. The second kappa shape index (κ2) is 9.82. The molecule has 33 heavy (non-hydrogen) atoms. The zero-order valence-electron chi connectivity index (χ0n) is 18.6. The van der Waals surface area contributed by atoms with Crippen molar-refractivity contribution in [3.05, 3.63) is 63.1 Å². The highest BCUT2D eigenvalue weighted by Crippen LogP contribution is 2.31. The third-order valence-corrected chi connectivity index (χ3v) is 7.55. The van der Waals surface area contributed by atoms with Gasteiger partial charge in [0.2, 0.25) is 5.91 Å². The summed E-state index contributed by atoms with van der Waals surface area (Å²) in [5, 5.41) is 13.8. The largest absolute Gasteiger partial charge is 0.349 e. The van der Waals surface area contributed by atoms with E-state index in [2.05, 4.69) is 30.4 Å². The number of fused-ring (bicyclic) bond motifs is 2. The minimum atomic E-state index is -0.0240. The van der Waals surface area contributed by atoms with Gasteiger partial charge in [0.1, 0.15) is 5.82 Å². The Morgan fingerprint density at radius 3 is 2.88 bits per heavy atom. The number of hydrogen-bond acceptors (Lipinski definition) is 6. The minimum absolute atomic E-state index is 0.0240. The molecule has 0 unspecified atom stereocenters. The number of carbonyl (C=O) groups is 2. The van der Waals surface area contributed by atoms with Crippen LogP contribution in [0.25, 0.3) is 0 Å². The molecule has 9 heteroatoms. The van der Waals surface area contributed by atoms with E-state index in [0.717, 1.165) is 34.9 Å². The Labute approximate surface area is 197 Å². The number of aromatic nitrogens is 4. The summed E-state index contributed by atoms with van der Waals surface area (Å²) in [5.41, 5.74) is 3.68. The van der Waals surface area contributed by atoms with Crippen LogP contribution in [0.5, 0.6) is 0 Å². The van der Waals surface area contributed by atoms with Crippen LogP contribution in [0.1, 0.15) is 57.3 Å². The number of nitrogens with zero attached hydrogens (tertiary/aromatic N) is 5.